The molecule has 1 fully saturated rings. The molecule has 1 aromatic carbocycles. The SMILES string of the molecule is CC(C)Oc1cccc(C2CCC(S(N)(=O)=O)CN2)c1. The molecule has 112 valence electrons. The lowest BCUT2D eigenvalue weighted by Crippen LogP contribution is -2.43. The van der Waals surface area contributed by atoms with Crippen LogP contribution in [0.25, 0.3) is 0 Å². The molecular formula is C14H22N2O3S. The van der Waals surface area contributed by atoms with Crippen LogP contribution in [0.5, 0.6) is 5.75 Å². The molecule has 0 radical (unpaired) electrons. The molecule has 20 heavy (non-hydrogen) atoms. The number of sulfonamides is 1. The second-order valence-electron chi connectivity index (χ2n) is 5.49. The number of hydrogen-bond acceptors (Lipinski definition) is 4. The lowest BCUT2D eigenvalue weighted by Gasteiger charge is -2.29. The zero-order valence-electron chi connectivity index (χ0n) is 11.9. The summed E-state index contributed by atoms with van der Waals surface area (Å²) in [4.78, 5) is 0. The maximum absolute atomic E-state index is 11.3. The molecular weight excluding hydrogens is 276 g/mol. The standard InChI is InChI=1S/C14H22N2O3S/c1-10(2)19-12-5-3-4-11(8-12)14-7-6-13(9-16-14)20(15,17)18/h3-5,8,10,13-14,16H,6-7,9H2,1-2H3,(H2,15,17,18). The van der Waals surface area contributed by atoms with Crippen molar-refractivity contribution in [2.45, 2.75) is 44.1 Å². The molecule has 2 unspecified atom stereocenters. The average Bonchev–Trinajstić information content (AvgIpc) is 2.37. The van der Waals surface area contributed by atoms with E-state index < -0.39 is 15.3 Å². The van der Waals surface area contributed by atoms with Gasteiger partial charge in [-0.25, -0.2) is 13.6 Å². The predicted octanol–water partition coefficient (Wildman–Crippen LogP) is 1.56. The van der Waals surface area contributed by atoms with E-state index in [4.69, 9.17) is 9.88 Å². The Kier molecular flexibility index (Phi) is 4.67. The van der Waals surface area contributed by atoms with Gasteiger partial charge in [0.1, 0.15) is 5.75 Å². The van der Waals surface area contributed by atoms with E-state index >= 15 is 0 Å². The summed E-state index contributed by atoms with van der Waals surface area (Å²) >= 11 is 0. The van der Waals surface area contributed by atoms with E-state index in [9.17, 15) is 8.42 Å². The van der Waals surface area contributed by atoms with Gasteiger partial charge < -0.3 is 10.1 Å². The Hall–Kier alpha value is -1.11. The van der Waals surface area contributed by atoms with Gasteiger partial charge in [0, 0.05) is 12.6 Å². The minimum Gasteiger partial charge on any atom is -0.491 e. The summed E-state index contributed by atoms with van der Waals surface area (Å²) in [5, 5.41) is 7.97. The van der Waals surface area contributed by atoms with Gasteiger partial charge in [-0.2, -0.15) is 0 Å². The number of nitrogens with two attached hydrogens (primary N) is 1. The maximum Gasteiger partial charge on any atom is 0.213 e. The van der Waals surface area contributed by atoms with Crippen molar-refractivity contribution in [3.8, 4) is 5.75 Å². The number of rotatable bonds is 4. The average molecular weight is 298 g/mol. The topological polar surface area (TPSA) is 81.4 Å². The first-order valence-corrected chi connectivity index (χ1v) is 8.49. The van der Waals surface area contributed by atoms with Crippen LogP contribution < -0.4 is 15.2 Å². The second kappa shape index (κ2) is 6.11. The van der Waals surface area contributed by atoms with Crippen LogP contribution in [0.15, 0.2) is 24.3 Å². The van der Waals surface area contributed by atoms with Gasteiger partial charge in [0.25, 0.3) is 0 Å². The van der Waals surface area contributed by atoms with Crippen LogP contribution in [0, 0.1) is 0 Å². The van der Waals surface area contributed by atoms with Gasteiger partial charge in [0.05, 0.1) is 11.4 Å². The van der Waals surface area contributed by atoms with E-state index in [0.717, 1.165) is 17.7 Å². The fourth-order valence-corrected chi connectivity index (χ4v) is 3.27. The predicted molar refractivity (Wildman–Crippen MR) is 79.1 cm³/mol. The number of benzene rings is 1. The van der Waals surface area contributed by atoms with Crippen LogP contribution in [-0.4, -0.2) is 26.3 Å². The molecule has 5 nitrogen and oxygen atoms in total. The molecule has 1 saturated heterocycles. The Morgan fingerprint density at radius 1 is 1.35 bits per heavy atom. The Balaban J connectivity index is 2.03. The fraction of sp³-hybridized carbons (Fsp3) is 0.571. The fourth-order valence-electron chi connectivity index (χ4n) is 2.47. The van der Waals surface area contributed by atoms with E-state index in [1.54, 1.807) is 0 Å². The molecule has 0 spiro atoms. The Labute approximate surface area is 120 Å². The largest absolute Gasteiger partial charge is 0.491 e. The maximum atomic E-state index is 11.3. The third-order valence-electron chi connectivity index (χ3n) is 3.47. The molecule has 0 saturated carbocycles. The van der Waals surface area contributed by atoms with Crippen molar-refractivity contribution < 1.29 is 13.2 Å². The number of primary sulfonamides is 1. The van der Waals surface area contributed by atoms with Crippen molar-refractivity contribution in [3.05, 3.63) is 29.8 Å². The highest BCUT2D eigenvalue weighted by Crippen LogP contribution is 2.27. The van der Waals surface area contributed by atoms with Gasteiger partial charge in [-0.15, -0.1) is 0 Å². The highest BCUT2D eigenvalue weighted by atomic mass is 32.2. The van der Waals surface area contributed by atoms with E-state index in [1.165, 1.54) is 0 Å². The number of hydrogen-bond donors (Lipinski definition) is 2. The summed E-state index contributed by atoms with van der Waals surface area (Å²) in [5.74, 6) is 0.841. The van der Waals surface area contributed by atoms with Crippen LogP contribution in [0.4, 0.5) is 0 Å². The van der Waals surface area contributed by atoms with Crippen molar-refractivity contribution in [2.75, 3.05) is 6.54 Å². The van der Waals surface area contributed by atoms with Gasteiger partial charge in [0.2, 0.25) is 10.0 Å². The van der Waals surface area contributed by atoms with Crippen LogP contribution in [-0.2, 0) is 10.0 Å². The molecule has 0 aromatic heterocycles. The lowest BCUT2D eigenvalue weighted by molar-refractivity contribution is 0.242. The van der Waals surface area contributed by atoms with Gasteiger partial charge in [-0.05, 0) is 44.4 Å². The van der Waals surface area contributed by atoms with Gasteiger partial charge in [0.15, 0.2) is 0 Å². The molecule has 2 rings (SSSR count). The van der Waals surface area contributed by atoms with Crippen LogP contribution >= 0.6 is 0 Å². The number of ether oxygens (including phenoxy) is 1. The first-order valence-electron chi connectivity index (χ1n) is 6.88. The smallest absolute Gasteiger partial charge is 0.213 e. The van der Waals surface area contributed by atoms with Gasteiger partial charge in [-0.3, -0.25) is 0 Å². The molecule has 0 aliphatic carbocycles. The molecule has 2 atom stereocenters. The van der Waals surface area contributed by atoms with Crippen LogP contribution in [0.3, 0.4) is 0 Å². The molecule has 0 bridgehead atoms. The van der Waals surface area contributed by atoms with E-state index in [2.05, 4.69) is 5.32 Å². The molecule has 3 N–H and O–H groups in total. The minimum atomic E-state index is -3.44. The summed E-state index contributed by atoms with van der Waals surface area (Å²) < 4.78 is 28.3. The van der Waals surface area contributed by atoms with Gasteiger partial charge in [-0.1, -0.05) is 12.1 Å². The Bertz CT molecular complexity index is 549. The van der Waals surface area contributed by atoms with Crippen molar-refractivity contribution in [1.29, 1.82) is 0 Å². The third kappa shape index (κ3) is 3.94. The molecule has 6 heteroatoms. The highest BCUT2D eigenvalue weighted by molar-refractivity contribution is 7.89. The molecule has 1 aliphatic heterocycles. The minimum absolute atomic E-state index is 0.135. The molecule has 1 aromatic rings. The van der Waals surface area contributed by atoms with Crippen LogP contribution in [0.2, 0.25) is 0 Å². The quantitative estimate of drug-likeness (QED) is 0.884. The van der Waals surface area contributed by atoms with Crippen LogP contribution in [0.1, 0.15) is 38.3 Å². The first kappa shape index (κ1) is 15.3. The summed E-state index contributed by atoms with van der Waals surface area (Å²) in [6, 6.07) is 8.08. The zero-order chi connectivity index (χ0) is 14.8. The van der Waals surface area contributed by atoms with Crippen molar-refractivity contribution in [3.63, 3.8) is 0 Å². The van der Waals surface area contributed by atoms with E-state index in [0.29, 0.717) is 13.0 Å². The normalized spacial score (nSPS) is 23.8. The summed E-state index contributed by atoms with van der Waals surface area (Å²) in [6.45, 7) is 4.38. The summed E-state index contributed by atoms with van der Waals surface area (Å²) in [7, 11) is -3.44. The third-order valence-corrected chi connectivity index (χ3v) is 4.80. The van der Waals surface area contributed by atoms with Gasteiger partial charge >= 0.3 is 0 Å². The van der Waals surface area contributed by atoms with E-state index in [1.807, 2.05) is 38.1 Å². The highest BCUT2D eigenvalue weighted by Gasteiger charge is 2.28. The van der Waals surface area contributed by atoms with E-state index in [-0.39, 0.29) is 12.1 Å². The zero-order valence-corrected chi connectivity index (χ0v) is 12.7. The molecule has 1 heterocycles. The van der Waals surface area contributed by atoms with Crippen molar-refractivity contribution in [2.24, 2.45) is 5.14 Å². The summed E-state index contributed by atoms with van der Waals surface area (Å²) in [5.41, 5.74) is 1.12. The monoisotopic (exact) mass is 298 g/mol. The summed E-state index contributed by atoms with van der Waals surface area (Å²) in [6.07, 6.45) is 1.48. The Morgan fingerprint density at radius 3 is 2.65 bits per heavy atom. The van der Waals surface area contributed by atoms with Crippen molar-refractivity contribution in [1.82, 2.24) is 5.32 Å². The first-order chi connectivity index (χ1) is 9.36. The Morgan fingerprint density at radius 2 is 2.10 bits per heavy atom. The van der Waals surface area contributed by atoms with Crippen molar-refractivity contribution >= 4 is 10.0 Å². The molecule has 1 aliphatic rings. The molecule has 0 amide bonds. The lowest BCUT2D eigenvalue weighted by atomic mass is 9.97. The number of nitrogens with one attached hydrogen (secondary N) is 1. The second-order valence-corrected chi connectivity index (χ2v) is 7.33. The number of piperidine rings is 1.